The molecule has 1 aromatic carbocycles. The minimum atomic E-state index is 0.467. The van der Waals surface area contributed by atoms with E-state index in [0.29, 0.717) is 11.7 Å². The molecule has 17 heavy (non-hydrogen) atoms. The lowest BCUT2D eigenvalue weighted by molar-refractivity contribution is 0.455. The summed E-state index contributed by atoms with van der Waals surface area (Å²) < 4.78 is 6.69. The van der Waals surface area contributed by atoms with Crippen molar-refractivity contribution < 1.29 is 4.74 Å². The van der Waals surface area contributed by atoms with Gasteiger partial charge in [0.2, 0.25) is 5.88 Å². The molecule has 2 N–H and O–H groups in total. The molecule has 0 atom stereocenters. The molecule has 1 aromatic heterocycles. The summed E-state index contributed by atoms with van der Waals surface area (Å²) in [7, 11) is 0. The molecule has 0 fully saturated rings. The fraction of sp³-hybridized carbons (Fsp3) is 0.167. The van der Waals surface area contributed by atoms with E-state index in [0.717, 1.165) is 22.2 Å². The third-order valence-corrected chi connectivity index (χ3v) is 2.85. The fourth-order valence-electron chi connectivity index (χ4n) is 1.44. The summed E-state index contributed by atoms with van der Waals surface area (Å²) in [6.07, 6.45) is 2.14. The van der Waals surface area contributed by atoms with Crippen LogP contribution in [0.15, 0.2) is 35.1 Å². The fourth-order valence-corrected chi connectivity index (χ4v) is 1.71. The Morgan fingerprint density at radius 3 is 2.59 bits per heavy atom. The molecule has 0 radical (unpaired) electrons. The molecule has 2 rings (SSSR count). The Kier molecular flexibility index (Phi) is 3.58. The zero-order chi connectivity index (χ0) is 12.3. The lowest BCUT2D eigenvalue weighted by Crippen LogP contribution is -2.01. The number of nitrogens with two attached hydrogens (primary N) is 1. The van der Waals surface area contributed by atoms with Crippen LogP contribution in [0.2, 0.25) is 0 Å². The van der Waals surface area contributed by atoms with Crippen molar-refractivity contribution >= 4 is 21.7 Å². The van der Waals surface area contributed by atoms with Gasteiger partial charge < -0.3 is 10.5 Å². The smallest absolute Gasteiger partial charge is 0.227 e. The number of nitrogen functional groups attached to an aromatic ring is 1. The number of halogens is 1. The standard InChI is InChI=1S/C12H12BrN3O/c1-2-10-11(14)15-7-16-12(10)17-9-5-3-8(13)4-6-9/h3-7H,2H2,1H3,(H2,14,15,16). The highest BCUT2D eigenvalue weighted by Crippen LogP contribution is 2.26. The number of anilines is 1. The monoisotopic (exact) mass is 293 g/mol. The van der Waals surface area contributed by atoms with Gasteiger partial charge >= 0.3 is 0 Å². The zero-order valence-corrected chi connectivity index (χ0v) is 10.9. The van der Waals surface area contributed by atoms with Gasteiger partial charge in [-0.3, -0.25) is 0 Å². The van der Waals surface area contributed by atoms with Gasteiger partial charge in [-0.15, -0.1) is 0 Å². The van der Waals surface area contributed by atoms with Crippen LogP contribution in [0.1, 0.15) is 12.5 Å². The minimum absolute atomic E-state index is 0.467. The molecule has 0 amide bonds. The number of hydrogen-bond donors (Lipinski definition) is 1. The first-order valence-electron chi connectivity index (χ1n) is 5.23. The highest BCUT2D eigenvalue weighted by Gasteiger charge is 2.09. The maximum absolute atomic E-state index is 5.77. The van der Waals surface area contributed by atoms with Crippen LogP contribution in [0.25, 0.3) is 0 Å². The lowest BCUT2D eigenvalue weighted by atomic mass is 10.2. The van der Waals surface area contributed by atoms with Crippen molar-refractivity contribution in [3.63, 3.8) is 0 Å². The van der Waals surface area contributed by atoms with Gasteiger partial charge in [-0.05, 0) is 30.7 Å². The summed E-state index contributed by atoms with van der Waals surface area (Å²) in [5.74, 6) is 1.71. The molecule has 0 unspecified atom stereocenters. The molecule has 1 heterocycles. The van der Waals surface area contributed by atoms with Crippen LogP contribution < -0.4 is 10.5 Å². The quantitative estimate of drug-likeness (QED) is 0.944. The van der Waals surface area contributed by atoms with E-state index in [1.807, 2.05) is 31.2 Å². The first-order valence-corrected chi connectivity index (χ1v) is 6.02. The van der Waals surface area contributed by atoms with E-state index >= 15 is 0 Å². The Morgan fingerprint density at radius 2 is 1.94 bits per heavy atom. The molecule has 0 bridgehead atoms. The van der Waals surface area contributed by atoms with Crippen molar-refractivity contribution in [3.8, 4) is 11.6 Å². The molecule has 0 aliphatic rings. The van der Waals surface area contributed by atoms with Crippen LogP contribution in [0.3, 0.4) is 0 Å². The SMILES string of the molecule is CCc1c(N)ncnc1Oc1ccc(Br)cc1. The lowest BCUT2D eigenvalue weighted by Gasteiger charge is -2.09. The number of rotatable bonds is 3. The van der Waals surface area contributed by atoms with Crippen LogP contribution in [0.4, 0.5) is 5.82 Å². The maximum Gasteiger partial charge on any atom is 0.227 e. The van der Waals surface area contributed by atoms with Crippen LogP contribution >= 0.6 is 15.9 Å². The molecule has 2 aromatic rings. The number of ether oxygens (including phenoxy) is 1. The molecule has 88 valence electrons. The van der Waals surface area contributed by atoms with E-state index in [1.165, 1.54) is 6.33 Å². The normalized spacial score (nSPS) is 10.2. The van der Waals surface area contributed by atoms with Gasteiger partial charge in [-0.25, -0.2) is 9.97 Å². The van der Waals surface area contributed by atoms with Gasteiger partial charge in [0.05, 0.1) is 5.56 Å². The molecule has 0 saturated carbocycles. The van der Waals surface area contributed by atoms with Crippen LogP contribution in [0.5, 0.6) is 11.6 Å². The summed E-state index contributed by atoms with van der Waals surface area (Å²) in [6, 6.07) is 7.54. The molecule has 0 spiro atoms. The van der Waals surface area contributed by atoms with Crippen LogP contribution in [-0.4, -0.2) is 9.97 Å². The number of nitrogens with zero attached hydrogens (tertiary/aromatic N) is 2. The summed E-state index contributed by atoms with van der Waals surface area (Å²) in [6.45, 7) is 1.99. The van der Waals surface area contributed by atoms with Gasteiger partial charge in [0.25, 0.3) is 0 Å². The topological polar surface area (TPSA) is 61.0 Å². The van der Waals surface area contributed by atoms with Gasteiger partial charge in [-0.1, -0.05) is 22.9 Å². The summed E-state index contributed by atoms with van der Waals surface area (Å²) in [5, 5.41) is 0. The highest BCUT2D eigenvalue weighted by atomic mass is 79.9. The molecule has 0 aliphatic carbocycles. The second-order valence-corrected chi connectivity index (χ2v) is 4.37. The average Bonchev–Trinajstić information content (AvgIpc) is 2.32. The Bertz CT molecular complexity index is 514. The van der Waals surface area contributed by atoms with Crippen LogP contribution in [-0.2, 0) is 6.42 Å². The second kappa shape index (κ2) is 5.14. The van der Waals surface area contributed by atoms with E-state index in [9.17, 15) is 0 Å². The van der Waals surface area contributed by atoms with E-state index in [4.69, 9.17) is 10.5 Å². The average molecular weight is 294 g/mol. The first-order chi connectivity index (χ1) is 8.20. The van der Waals surface area contributed by atoms with E-state index in [2.05, 4.69) is 25.9 Å². The molecule has 4 nitrogen and oxygen atoms in total. The number of aromatic nitrogens is 2. The molecule has 0 aliphatic heterocycles. The predicted octanol–water partition coefficient (Wildman–Crippen LogP) is 3.18. The third-order valence-electron chi connectivity index (χ3n) is 2.32. The minimum Gasteiger partial charge on any atom is -0.439 e. The maximum atomic E-state index is 5.77. The Balaban J connectivity index is 2.29. The second-order valence-electron chi connectivity index (χ2n) is 3.45. The van der Waals surface area contributed by atoms with Crippen molar-refractivity contribution in [1.82, 2.24) is 9.97 Å². The molecular weight excluding hydrogens is 282 g/mol. The van der Waals surface area contributed by atoms with Crippen molar-refractivity contribution in [3.05, 3.63) is 40.6 Å². The van der Waals surface area contributed by atoms with Gasteiger partial charge in [0, 0.05) is 4.47 Å². The van der Waals surface area contributed by atoms with E-state index < -0.39 is 0 Å². The van der Waals surface area contributed by atoms with Crippen molar-refractivity contribution in [2.24, 2.45) is 0 Å². The van der Waals surface area contributed by atoms with Crippen molar-refractivity contribution in [2.45, 2.75) is 13.3 Å². The molecule has 0 saturated heterocycles. The Hall–Kier alpha value is -1.62. The van der Waals surface area contributed by atoms with E-state index in [-0.39, 0.29) is 0 Å². The Labute approximate surface area is 108 Å². The number of benzene rings is 1. The predicted molar refractivity (Wildman–Crippen MR) is 70.0 cm³/mol. The van der Waals surface area contributed by atoms with Gasteiger partial charge in [0.1, 0.15) is 17.9 Å². The molecule has 5 heteroatoms. The summed E-state index contributed by atoms with van der Waals surface area (Å²) in [4.78, 5) is 8.05. The summed E-state index contributed by atoms with van der Waals surface area (Å²) >= 11 is 3.37. The van der Waals surface area contributed by atoms with E-state index in [1.54, 1.807) is 0 Å². The van der Waals surface area contributed by atoms with Crippen LogP contribution in [0, 0.1) is 0 Å². The third kappa shape index (κ3) is 2.74. The largest absolute Gasteiger partial charge is 0.439 e. The van der Waals surface area contributed by atoms with Gasteiger partial charge in [-0.2, -0.15) is 0 Å². The highest BCUT2D eigenvalue weighted by molar-refractivity contribution is 9.10. The van der Waals surface area contributed by atoms with Gasteiger partial charge in [0.15, 0.2) is 0 Å². The number of hydrogen-bond acceptors (Lipinski definition) is 4. The zero-order valence-electron chi connectivity index (χ0n) is 9.35. The first kappa shape index (κ1) is 11.9. The van der Waals surface area contributed by atoms with Crippen molar-refractivity contribution in [1.29, 1.82) is 0 Å². The molecular formula is C12H12BrN3O. The summed E-state index contributed by atoms with van der Waals surface area (Å²) in [5.41, 5.74) is 6.60. The van der Waals surface area contributed by atoms with Crippen molar-refractivity contribution in [2.75, 3.05) is 5.73 Å². The Morgan fingerprint density at radius 1 is 1.24 bits per heavy atom.